The molecule has 8 nitrogen and oxygen atoms in total. The highest BCUT2D eigenvalue weighted by Gasteiger charge is 2.58. The van der Waals surface area contributed by atoms with Crippen LogP contribution in [0, 0.1) is 11.2 Å². The van der Waals surface area contributed by atoms with Crippen LogP contribution < -0.4 is 5.32 Å². The quantitative estimate of drug-likeness (QED) is 0.658. The highest BCUT2D eigenvalue weighted by molar-refractivity contribution is 7.92. The Balaban J connectivity index is 1.16. The van der Waals surface area contributed by atoms with Gasteiger partial charge in [-0.15, -0.1) is 0 Å². The Bertz CT molecular complexity index is 1040. The molecule has 5 rings (SSSR count). The van der Waals surface area contributed by atoms with Crippen molar-refractivity contribution < 1.29 is 27.1 Å². The number of hydrogen-bond donors (Lipinski definition) is 1. The number of benzene rings is 1. The summed E-state index contributed by atoms with van der Waals surface area (Å²) in [6.45, 7) is 2.08. The van der Waals surface area contributed by atoms with Crippen LogP contribution in [0.1, 0.15) is 19.3 Å². The molecule has 1 spiro atoms. The molecule has 3 amide bonds. The molecule has 0 unspecified atom stereocenters. The maximum absolute atomic E-state index is 13.3. The SMILES string of the molecule is O=C1CO[C@H]2CCN(C(=O)N3CC4(CC(S(=O)(=O)c5ccc(F)cc5Cl)C4)C3)C[C@H]2N1. The highest BCUT2D eigenvalue weighted by Crippen LogP contribution is 2.52. The van der Waals surface area contributed by atoms with Crippen molar-refractivity contribution in [1.29, 1.82) is 0 Å². The van der Waals surface area contributed by atoms with Gasteiger partial charge in [-0.2, -0.15) is 0 Å². The maximum atomic E-state index is 13.3. The number of nitrogens with zero attached hydrogens (tertiary/aromatic N) is 2. The molecule has 4 fully saturated rings. The number of amides is 3. The molecule has 1 saturated carbocycles. The fourth-order valence-electron chi connectivity index (χ4n) is 5.24. The lowest BCUT2D eigenvalue weighted by atomic mass is 9.63. The van der Waals surface area contributed by atoms with Gasteiger partial charge in [-0.05, 0) is 37.5 Å². The van der Waals surface area contributed by atoms with E-state index in [0.717, 1.165) is 12.1 Å². The first-order chi connectivity index (χ1) is 14.7. The van der Waals surface area contributed by atoms with Gasteiger partial charge in [0, 0.05) is 31.6 Å². The number of nitrogens with one attached hydrogen (secondary N) is 1. The summed E-state index contributed by atoms with van der Waals surface area (Å²) in [6.07, 6.45) is 1.54. The van der Waals surface area contributed by atoms with Crippen molar-refractivity contribution in [2.45, 2.75) is 41.6 Å². The zero-order valence-corrected chi connectivity index (χ0v) is 18.3. The molecule has 1 aromatic carbocycles. The molecule has 4 aliphatic rings. The molecule has 3 aliphatic heterocycles. The maximum Gasteiger partial charge on any atom is 0.320 e. The van der Waals surface area contributed by atoms with Gasteiger partial charge in [0.05, 0.1) is 27.3 Å². The Morgan fingerprint density at radius 2 is 2.00 bits per heavy atom. The van der Waals surface area contributed by atoms with E-state index in [-0.39, 0.29) is 46.0 Å². The van der Waals surface area contributed by atoms with Crippen LogP contribution in [-0.4, -0.2) is 80.3 Å². The number of hydrogen-bond acceptors (Lipinski definition) is 5. The summed E-state index contributed by atoms with van der Waals surface area (Å²) in [5, 5.41) is 2.21. The van der Waals surface area contributed by atoms with E-state index in [1.807, 2.05) is 0 Å². The van der Waals surface area contributed by atoms with Gasteiger partial charge in [0.1, 0.15) is 12.4 Å². The molecule has 1 N–H and O–H groups in total. The van der Waals surface area contributed by atoms with Crippen LogP contribution in [0.4, 0.5) is 9.18 Å². The first-order valence-electron chi connectivity index (χ1n) is 10.3. The van der Waals surface area contributed by atoms with Gasteiger partial charge in [0.2, 0.25) is 5.91 Å². The molecule has 0 radical (unpaired) electrons. The Morgan fingerprint density at radius 1 is 1.26 bits per heavy atom. The van der Waals surface area contributed by atoms with Gasteiger partial charge in [-0.1, -0.05) is 11.6 Å². The number of sulfone groups is 1. The third-order valence-electron chi connectivity index (χ3n) is 6.88. The van der Waals surface area contributed by atoms with Crippen molar-refractivity contribution in [3.8, 4) is 0 Å². The fourth-order valence-corrected chi connectivity index (χ4v) is 7.82. The lowest BCUT2D eigenvalue weighted by Gasteiger charge is -2.59. The second-order valence-electron chi connectivity index (χ2n) is 9.05. The molecule has 168 valence electrons. The molecular weight excluding hydrogens is 449 g/mol. The molecule has 2 atom stereocenters. The lowest BCUT2D eigenvalue weighted by Crippen LogP contribution is -2.69. The van der Waals surface area contributed by atoms with Crippen LogP contribution in [0.25, 0.3) is 0 Å². The van der Waals surface area contributed by atoms with E-state index >= 15 is 0 Å². The number of morpholine rings is 1. The van der Waals surface area contributed by atoms with E-state index in [4.69, 9.17) is 16.3 Å². The summed E-state index contributed by atoms with van der Waals surface area (Å²) >= 11 is 5.95. The zero-order chi connectivity index (χ0) is 22.0. The summed E-state index contributed by atoms with van der Waals surface area (Å²) in [5.74, 6) is -0.744. The average molecular weight is 472 g/mol. The second kappa shape index (κ2) is 7.31. The molecule has 11 heteroatoms. The van der Waals surface area contributed by atoms with Crippen molar-refractivity contribution in [1.82, 2.24) is 15.1 Å². The van der Waals surface area contributed by atoms with Crippen molar-refractivity contribution in [3.63, 3.8) is 0 Å². The van der Waals surface area contributed by atoms with E-state index in [2.05, 4.69) is 5.32 Å². The number of likely N-dealkylation sites (tertiary alicyclic amines) is 2. The van der Waals surface area contributed by atoms with E-state index in [0.29, 0.717) is 45.4 Å². The molecule has 0 aromatic heterocycles. The number of fused-ring (bicyclic) bond motifs is 1. The fraction of sp³-hybridized carbons (Fsp3) is 0.600. The number of carbonyl (C=O) groups excluding carboxylic acids is 2. The molecule has 1 aromatic rings. The predicted octanol–water partition coefficient (Wildman–Crippen LogP) is 1.43. The van der Waals surface area contributed by atoms with Gasteiger partial charge in [0.25, 0.3) is 0 Å². The summed E-state index contributed by atoms with van der Waals surface area (Å²) in [5.41, 5.74) is -0.180. The molecule has 31 heavy (non-hydrogen) atoms. The Hall–Kier alpha value is -1.91. The van der Waals surface area contributed by atoms with E-state index in [1.54, 1.807) is 9.80 Å². The molecule has 3 heterocycles. The Labute approximate surface area is 184 Å². The summed E-state index contributed by atoms with van der Waals surface area (Å²) < 4.78 is 44.5. The highest BCUT2D eigenvalue weighted by atomic mass is 35.5. The largest absolute Gasteiger partial charge is 0.366 e. The van der Waals surface area contributed by atoms with E-state index < -0.39 is 20.9 Å². The van der Waals surface area contributed by atoms with E-state index in [9.17, 15) is 22.4 Å². The minimum Gasteiger partial charge on any atom is -0.366 e. The molecule has 0 bridgehead atoms. The topological polar surface area (TPSA) is 96.0 Å². The molecular formula is C20H23ClFN3O5S. The first-order valence-corrected chi connectivity index (χ1v) is 12.2. The Kier molecular flexibility index (Phi) is 4.95. The standard InChI is InChI=1S/C20H23ClFN3O5S/c21-14-5-12(22)1-2-17(14)31(28,29)13-6-20(7-13)10-25(11-20)19(27)24-4-3-16-15(8-24)23-18(26)9-30-16/h1-2,5,13,15-16H,3-4,6-11H2,(H,23,26)/t15-,16+/m1/s1. The normalized spacial score (nSPS) is 27.9. The summed E-state index contributed by atoms with van der Waals surface area (Å²) in [6, 6.07) is 3.05. The van der Waals surface area contributed by atoms with Gasteiger partial charge >= 0.3 is 6.03 Å². The van der Waals surface area contributed by atoms with Crippen LogP contribution >= 0.6 is 11.6 Å². The number of urea groups is 1. The smallest absolute Gasteiger partial charge is 0.320 e. The summed E-state index contributed by atoms with van der Waals surface area (Å²) in [4.78, 5) is 27.8. The zero-order valence-electron chi connectivity index (χ0n) is 16.7. The van der Waals surface area contributed by atoms with E-state index in [1.165, 1.54) is 6.07 Å². The van der Waals surface area contributed by atoms with Gasteiger partial charge < -0.3 is 19.9 Å². The van der Waals surface area contributed by atoms with Crippen LogP contribution in [-0.2, 0) is 19.4 Å². The number of halogens is 2. The first kappa shape index (κ1) is 21.0. The monoisotopic (exact) mass is 471 g/mol. The van der Waals surface area contributed by atoms with Gasteiger partial charge in [-0.3, -0.25) is 4.79 Å². The Morgan fingerprint density at radius 3 is 2.71 bits per heavy atom. The van der Waals surface area contributed by atoms with Crippen molar-refractivity contribution in [3.05, 3.63) is 29.0 Å². The molecule has 3 saturated heterocycles. The summed E-state index contributed by atoms with van der Waals surface area (Å²) in [7, 11) is -3.64. The van der Waals surface area contributed by atoms with Gasteiger partial charge in [0.15, 0.2) is 9.84 Å². The van der Waals surface area contributed by atoms with Crippen molar-refractivity contribution in [2.75, 3.05) is 32.8 Å². The van der Waals surface area contributed by atoms with Crippen LogP contribution in [0.5, 0.6) is 0 Å². The predicted molar refractivity (Wildman–Crippen MR) is 109 cm³/mol. The van der Waals surface area contributed by atoms with Crippen molar-refractivity contribution in [2.24, 2.45) is 5.41 Å². The number of ether oxygens (including phenoxy) is 1. The lowest BCUT2D eigenvalue weighted by molar-refractivity contribution is -0.140. The minimum atomic E-state index is -3.64. The number of rotatable bonds is 2. The van der Waals surface area contributed by atoms with Gasteiger partial charge in [-0.25, -0.2) is 17.6 Å². The van der Waals surface area contributed by atoms with Crippen LogP contribution in [0.15, 0.2) is 23.1 Å². The minimum absolute atomic E-state index is 0.0395. The molecule has 1 aliphatic carbocycles. The third kappa shape index (κ3) is 3.58. The van der Waals surface area contributed by atoms with Crippen LogP contribution in [0.2, 0.25) is 5.02 Å². The second-order valence-corrected chi connectivity index (χ2v) is 11.7. The third-order valence-corrected chi connectivity index (χ3v) is 9.48. The van der Waals surface area contributed by atoms with Crippen LogP contribution in [0.3, 0.4) is 0 Å². The van der Waals surface area contributed by atoms with Crippen molar-refractivity contribution >= 4 is 33.4 Å². The number of piperidine rings is 1. The average Bonchev–Trinajstić information content (AvgIpc) is 2.64. The number of carbonyl (C=O) groups is 2.